The van der Waals surface area contributed by atoms with Crippen molar-refractivity contribution in [1.29, 1.82) is 0 Å². The molecule has 0 saturated heterocycles. The first kappa shape index (κ1) is 35.5. The van der Waals surface area contributed by atoms with Crippen LogP contribution in [0.15, 0.2) is 145 Å². The lowest BCUT2D eigenvalue weighted by molar-refractivity contribution is 0.598. The van der Waals surface area contributed by atoms with Crippen molar-refractivity contribution in [2.24, 2.45) is 0 Å². The highest BCUT2D eigenvalue weighted by molar-refractivity contribution is 5.99. The summed E-state index contributed by atoms with van der Waals surface area (Å²) in [7, 11) is 0. The van der Waals surface area contributed by atoms with Gasteiger partial charge in [-0.1, -0.05) is 137 Å². The molecule has 0 radical (unpaired) electrons. The molecule has 0 unspecified atom stereocenters. The van der Waals surface area contributed by atoms with Crippen LogP contribution in [-0.4, -0.2) is 4.57 Å². The van der Waals surface area contributed by atoms with E-state index < -0.39 is 0 Å². The molecule has 2 nitrogen and oxygen atoms in total. The second kappa shape index (κ2) is 15.4. The van der Waals surface area contributed by atoms with Gasteiger partial charge in [-0.05, 0) is 124 Å². The van der Waals surface area contributed by atoms with Gasteiger partial charge in [-0.15, -0.1) is 6.42 Å². The Morgan fingerprint density at radius 2 is 1.55 bits per heavy atom. The second-order valence-corrected chi connectivity index (χ2v) is 13.9. The summed E-state index contributed by atoms with van der Waals surface area (Å²) in [6.45, 7) is 10.2. The van der Waals surface area contributed by atoms with E-state index >= 15 is 0 Å². The summed E-state index contributed by atoms with van der Waals surface area (Å²) in [5.74, 6) is 3.48. The van der Waals surface area contributed by atoms with Gasteiger partial charge in [-0.25, -0.2) is 0 Å². The van der Waals surface area contributed by atoms with E-state index in [4.69, 9.17) is 10.8 Å². The molecule has 0 bridgehead atoms. The molecule has 2 aliphatic carbocycles. The molecule has 0 amide bonds. The van der Waals surface area contributed by atoms with Crippen LogP contribution < -0.4 is 0 Å². The van der Waals surface area contributed by atoms with Crippen LogP contribution in [0.25, 0.3) is 84.7 Å². The number of nitrogens with zero attached hydrogens (tertiary/aromatic N) is 1. The van der Waals surface area contributed by atoms with Crippen LogP contribution in [0.1, 0.15) is 67.3 Å². The number of hydrogen-bond acceptors (Lipinski definition) is 1. The van der Waals surface area contributed by atoms with E-state index in [2.05, 4.69) is 157 Å². The number of hydrogen-bond donors (Lipinski definition) is 0. The standard InChI is InChI=1S/C51H39NO.C2H6/c1-4-7-9-16-38-29-39-24-23-35(31-46(39)42-20-13-12-19-41(38)42)34-17-14-18-40(30-34)52-48-22-11-8-10-21-43(48)44-27-25-37(33-49(44)52)36-26-28-51-47(32-36)45(15-5-2)50(6-3)53-51;1-2/h1,6-7,9-14,16-28,30-33H,3,5,8,15,29H2,2H3;1-2H3/b9-7-,38-16+;. The van der Waals surface area contributed by atoms with Crippen molar-refractivity contribution in [3.63, 3.8) is 0 Å². The van der Waals surface area contributed by atoms with Gasteiger partial charge in [0, 0.05) is 27.6 Å². The molecule has 0 saturated carbocycles. The van der Waals surface area contributed by atoms with Crippen molar-refractivity contribution in [2.45, 2.75) is 46.5 Å². The Morgan fingerprint density at radius 1 is 0.782 bits per heavy atom. The minimum Gasteiger partial charge on any atom is -0.456 e. The number of benzene rings is 5. The molecule has 0 spiro atoms. The maximum absolute atomic E-state index is 6.18. The topological polar surface area (TPSA) is 18.1 Å². The molecule has 2 aliphatic rings. The molecule has 268 valence electrons. The third-order valence-electron chi connectivity index (χ3n) is 10.7. The van der Waals surface area contributed by atoms with Gasteiger partial charge in [0.15, 0.2) is 0 Å². The van der Waals surface area contributed by atoms with E-state index in [1.165, 1.54) is 83.2 Å². The van der Waals surface area contributed by atoms with Gasteiger partial charge >= 0.3 is 0 Å². The Labute approximate surface area is 325 Å². The van der Waals surface area contributed by atoms with Gasteiger partial charge in [0.05, 0.1) is 11.2 Å². The summed E-state index contributed by atoms with van der Waals surface area (Å²) in [6, 6.07) is 38.1. The van der Waals surface area contributed by atoms with Gasteiger partial charge < -0.3 is 8.98 Å². The highest BCUT2D eigenvalue weighted by atomic mass is 16.3. The van der Waals surface area contributed by atoms with Crippen molar-refractivity contribution in [3.8, 4) is 51.4 Å². The number of allylic oxidation sites excluding steroid dienone is 6. The number of fused-ring (bicyclic) bond motifs is 7. The van der Waals surface area contributed by atoms with E-state index in [0.717, 1.165) is 42.7 Å². The Balaban J connectivity index is 0.00000210. The summed E-state index contributed by atoms with van der Waals surface area (Å²) in [5, 5.41) is 2.41. The van der Waals surface area contributed by atoms with Crippen LogP contribution in [0.4, 0.5) is 0 Å². The SMILES string of the molecule is C#C/C=C\C=C1/Cc2ccc(-c3cccc(-n4c5c(c6ccc(-c7ccc8oc(C=C)c(CCC)c8c7)cc64)C=CCC=C5)c3)cc2-c2ccccc21.CC. The lowest BCUT2D eigenvalue weighted by Crippen LogP contribution is -2.03. The predicted octanol–water partition coefficient (Wildman–Crippen LogP) is 14.6. The maximum atomic E-state index is 6.18. The van der Waals surface area contributed by atoms with Crippen LogP contribution >= 0.6 is 0 Å². The summed E-state index contributed by atoms with van der Waals surface area (Å²) in [4.78, 5) is 0. The van der Waals surface area contributed by atoms with Crippen molar-refractivity contribution in [2.75, 3.05) is 0 Å². The molecule has 55 heavy (non-hydrogen) atoms. The Morgan fingerprint density at radius 3 is 2.38 bits per heavy atom. The quantitative estimate of drug-likeness (QED) is 0.151. The third-order valence-corrected chi connectivity index (χ3v) is 10.7. The zero-order chi connectivity index (χ0) is 37.9. The third kappa shape index (κ3) is 6.43. The molecular formula is C53H45NO. The molecule has 0 N–H and O–H groups in total. The van der Waals surface area contributed by atoms with Gasteiger partial charge in [-0.2, -0.15) is 0 Å². The number of aromatic nitrogens is 1. The smallest absolute Gasteiger partial charge is 0.135 e. The van der Waals surface area contributed by atoms with E-state index in [0.29, 0.717) is 0 Å². The fraction of sp³-hybridized carbons (Fsp3) is 0.132. The first-order valence-corrected chi connectivity index (χ1v) is 19.5. The first-order chi connectivity index (χ1) is 27.1. The fourth-order valence-corrected chi connectivity index (χ4v) is 8.25. The van der Waals surface area contributed by atoms with Crippen molar-refractivity contribution < 1.29 is 4.42 Å². The monoisotopic (exact) mass is 711 g/mol. The largest absolute Gasteiger partial charge is 0.456 e. The molecule has 0 aliphatic heterocycles. The molecule has 2 heteroatoms. The lowest BCUT2D eigenvalue weighted by Gasteiger charge is -2.23. The number of furan rings is 1. The molecule has 0 fully saturated rings. The maximum Gasteiger partial charge on any atom is 0.135 e. The van der Waals surface area contributed by atoms with Crippen LogP contribution in [0.3, 0.4) is 0 Å². The lowest BCUT2D eigenvalue weighted by atomic mass is 9.81. The van der Waals surface area contributed by atoms with Gasteiger partial charge in [0.25, 0.3) is 0 Å². The van der Waals surface area contributed by atoms with E-state index in [-0.39, 0.29) is 0 Å². The average Bonchev–Trinajstić information content (AvgIpc) is 3.63. The Bertz CT molecular complexity index is 2760. The first-order valence-electron chi connectivity index (χ1n) is 19.5. The molecule has 2 heterocycles. The molecule has 7 aromatic rings. The second-order valence-electron chi connectivity index (χ2n) is 13.9. The molecule has 2 aromatic heterocycles. The van der Waals surface area contributed by atoms with Gasteiger partial charge in [0.1, 0.15) is 11.3 Å². The highest BCUT2D eigenvalue weighted by Crippen LogP contribution is 2.42. The summed E-state index contributed by atoms with van der Waals surface area (Å²) in [6.07, 6.45) is 26.1. The molecular weight excluding hydrogens is 667 g/mol. The summed E-state index contributed by atoms with van der Waals surface area (Å²) >= 11 is 0. The summed E-state index contributed by atoms with van der Waals surface area (Å²) in [5.41, 5.74) is 18.1. The number of rotatable bonds is 7. The minimum atomic E-state index is 0.869. The zero-order valence-electron chi connectivity index (χ0n) is 31.9. The average molecular weight is 712 g/mol. The van der Waals surface area contributed by atoms with Crippen molar-refractivity contribution >= 4 is 45.7 Å². The van der Waals surface area contributed by atoms with Crippen LogP contribution in [-0.2, 0) is 12.8 Å². The molecule has 9 rings (SSSR count). The van der Waals surface area contributed by atoms with Crippen molar-refractivity contribution in [3.05, 3.63) is 174 Å². The van der Waals surface area contributed by atoms with Crippen molar-refractivity contribution in [1.82, 2.24) is 4.57 Å². The number of terminal acetylenes is 1. The summed E-state index contributed by atoms with van der Waals surface area (Å²) < 4.78 is 8.61. The van der Waals surface area contributed by atoms with Crippen LogP contribution in [0, 0.1) is 12.3 Å². The highest BCUT2D eigenvalue weighted by Gasteiger charge is 2.21. The normalized spacial score (nSPS) is 13.6. The van der Waals surface area contributed by atoms with E-state index in [9.17, 15) is 0 Å². The molecule has 5 aromatic carbocycles. The number of aryl methyl sites for hydroxylation is 1. The van der Waals surface area contributed by atoms with Gasteiger partial charge in [0.2, 0.25) is 0 Å². The van der Waals surface area contributed by atoms with E-state index in [1.54, 1.807) is 6.08 Å². The minimum absolute atomic E-state index is 0.869. The Hall–Kier alpha value is -6.56. The predicted molar refractivity (Wildman–Crippen MR) is 237 cm³/mol. The van der Waals surface area contributed by atoms with E-state index in [1.807, 2.05) is 26.0 Å². The van der Waals surface area contributed by atoms with Gasteiger partial charge in [-0.3, -0.25) is 0 Å². The Kier molecular flexibility index (Phi) is 9.95. The molecule has 0 atom stereocenters. The van der Waals surface area contributed by atoms with Crippen LogP contribution in [0.5, 0.6) is 0 Å². The fourth-order valence-electron chi connectivity index (χ4n) is 8.25. The van der Waals surface area contributed by atoms with Crippen LogP contribution in [0.2, 0.25) is 0 Å². The zero-order valence-corrected chi connectivity index (χ0v) is 31.9.